The van der Waals surface area contributed by atoms with Crippen LogP contribution in [-0.2, 0) is 0 Å². The maximum atomic E-state index is 13.3. The molecular formula is C21H23FN8O2. The number of nitrogens with one attached hydrogen (secondary N) is 2. The minimum atomic E-state index is -0.960. The summed E-state index contributed by atoms with van der Waals surface area (Å²) in [7, 11) is 1.56. The zero-order valence-electron chi connectivity index (χ0n) is 17.6. The van der Waals surface area contributed by atoms with Crippen molar-refractivity contribution in [2.75, 3.05) is 35.7 Å². The van der Waals surface area contributed by atoms with Crippen molar-refractivity contribution in [1.29, 1.82) is 0 Å². The second-order valence-corrected chi connectivity index (χ2v) is 7.52. The molecule has 0 unspecified atom stereocenters. The summed E-state index contributed by atoms with van der Waals surface area (Å²) in [6.07, 6.45) is 3.77. The smallest absolute Gasteiger partial charge is 0.407 e. The molecule has 0 saturated carbocycles. The third-order valence-corrected chi connectivity index (χ3v) is 5.28. The fraction of sp³-hybridized carbons (Fsp3) is 0.286. The number of hydrogen-bond acceptors (Lipinski definition) is 8. The Kier molecular flexibility index (Phi) is 5.97. The Morgan fingerprint density at radius 2 is 1.97 bits per heavy atom. The number of anilines is 4. The van der Waals surface area contributed by atoms with Crippen LogP contribution in [0.25, 0.3) is 0 Å². The third kappa shape index (κ3) is 4.82. The first-order valence-corrected chi connectivity index (χ1v) is 10.0. The molecule has 0 aliphatic carbocycles. The SMILES string of the molecule is C[C@H](Nc1nc(Nc2cnccn2)cc(N2CC(N(C)C(=O)O)C2)n1)c1ccc(F)cc1. The number of likely N-dealkylation sites (N-methyl/N-ethyl adjacent to an activating group) is 1. The molecule has 2 aromatic heterocycles. The molecule has 0 bridgehead atoms. The van der Waals surface area contributed by atoms with E-state index < -0.39 is 6.09 Å². The monoisotopic (exact) mass is 438 g/mol. The standard InChI is InChI=1S/C21H23FN8O2/c1-13(14-3-5-15(22)6-4-14)25-20-27-17(26-18-10-23-7-8-24-18)9-19(28-20)30-11-16(12-30)29(2)21(31)32/h3-10,13,16H,11-12H2,1-2H3,(H,31,32)(H2,24,25,26,27,28)/t13-/m0/s1. The molecule has 3 N–H and O–H groups in total. The summed E-state index contributed by atoms with van der Waals surface area (Å²) < 4.78 is 13.3. The van der Waals surface area contributed by atoms with Crippen LogP contribution < -0.4 is 15.5 Å². The zero-order valence-corrected chi connectivity index (χ0v) is 17.6. The van der Waals surface area contributed by atoms with Gasteiger partial charge in [0.2, 0.25) is 5.95 Å². The topological polar surface area (TPSA) is 119 Å². The van der Waals surface area contributed by atoms with Crippen molar-refractivity contribution >= 4 is 29.5 Å². The Morgan fingerprint density at radius 3 is 2.62 bits per heavy atom. The number of halogens is 1. The average Bonchev–Trinajstić information content (AvgIpc) is 2.73. The summed E-state index contributed by atoms with van der Waals surface area (Å²) in [6.45, 7) is 2.98. The first-order chi connectivity index (χ1) is 15.4. The van der Waals surface area contributed by atoms with Crippen molar-refractivity contribution in [2.24, 2.45) is 0 Å². The van der Waals surface area contributed by atoms with Crippen molar-refractivity contribution in [3.8, 4) is 0 Å². The van der Waals surface area contributed by atoms with Crippen LogP contribution in [-0.4, -0.2) is 62.2 Å². The molecule has 3 heterocycles. The van der Waals surface area contributed by atoms with Gasteiger partial charge in [-0.1, -0.05) is 12.1 Å². The van der Waals surface area contributed by atoms with Crippen molar-refractivity contribution in [1.82, 2.24) is 24.8 Å². The minimum absolute atomic E-state index is 0.103. The van der Waals surface area contributed by atoms with E-state index in [1.54, 1.807) is 43.8 Å². The molecule has 10 nitrogen and oxygen atoms in total. The highest BCUT2D eigenvalue weighted by Gasteiger charge is 2.33. The molecule has 1 saturated heterocycles. The van der Waals surface area contributed by atoms with E-state index in [0.29, 0.717) is 36.5 Å². The summed E-state index contributed by atoms with van der Waals surface area (Å²) in [5.74, 6) is 1.77. The van der Waals surface area contributed by atoms with Gasteiger partial charge in [-0.15, -0.1) is 0 Å². The lowest BCUT2D eigenvalue weighted by Gasteiger charge is -2.43. The van der Waals surface area contributed by atoms with Gasteiger partial charge >= 0.3 is 6.09 Å². The lowest BCUT2D eigenvalue weighted by atomic mass is 10.1. The van der Waals surface area contributed by atoms with Gasteiger partial charge in [0.15, 0.2) is 0 Å². The molecule has 1 aliphatic rings. The van der Waals surface area contributed by atoms with Gasteiger partial charge in [0, 0.05) is 38.6 Å². The predicted octanol–water partition coefficient (Wildman–Crippen LogP) is 3.12. The van der Waals surface area contributed by atoms with Gasteiger partial charge in [-0.3, -0.25) is 4.98 Å². The summed E-state index contributed by atoms with van der Waals surface area (Å²) >= 11 is 0. The van der Waals surface area contributed by atoms with Gasteiger partial charge < -0.3 is 25.5 Å². The quantitative estimate of drug-likeness (QED) is 0.511. The van der Waals surface area contributed by atoms with Crippen LogP contribution in [0.5, 0.6) is 0 Å². The van der Waals surface area contributed by atoms with E-state index in [1.165, 1.54) is 17.0 Å². The zero-order chi connectivity index (χ0) is 22.7. The first kappa shape index (κ1) is 21.2. The normalized spacial score (nSPS) is 14.4. The van der Waals surface area contributed by atoms with Crippen molar-refractivity contribution in [3.05, 3.63) is 60.3 Å². The number of carbonyl (C=O) groups is 1. The number of hydrogen-bond donors (Lipinski definition) is 3. The molecule has 1 atom stereocenters. The van der Waals surface area contributed by atoms with Crippen molar-refractivity contribution in [3.63, 3.8) is 0 Å². The lowest BCUT2D eigenvalue weighted by molar-refractivity contribution is 0.129. The lowest BCUT2D eigenvalue weighted by Crippen LogP contribution is -2.59. The summed E-state index contributed by atoms with van der Waals surface area (Å²) in [5.41, 5.74) is 0.885. The molecule has 32 heavy (non-hydrogen) atoms. The van der Waals surface area contributed by atoms with Crippen LogP contribution in [0.2, 0.25) is 0 Å². The van der Waals surface area contributed by atoms with Gasteiger partial charge in [-0.2, -0.15) is 9.97 Å². The molecule has 1 fully saturated rings. The number of carboxylic acid groups (broad SMARTS) is 1. The second kappa shape index (κ2) is 9.00. The Balaban J connectivity index is 1.56. The van der Waals surface area contributed by atoms with E-state index >= 15 is 0 Å². The maximum absolute atomic E-state index is 13.3. The van der Waals surface area contributed by atoms with Gasteiger partial charge in [0.05, 0.1) is 18.3 Å². The second-order valence-electron chi connectivity index (χ2n) is 7.52. The van der Waals surface area contributed by atoms with E-state index in [0.717, 1.165) is 5.56 Å². The van der Waals surface area contributed by atoms with Crippen molar-refractivity contribution < 1.29 is 14.3 Å². The summed E-state index contributed by atoms with van der Waals surface area (Å²) in [6, 6.07) is 7.73. The molecule has 3 aromatic rings. The van der Waals surface area contributed by atoms with Gasteiger partial charge in [0.25, 0.3) is 0 Å². The molecule has 1 amide bonds. The van der Waals surface area contributed by atoms with Crippen LogP contribution >= 0.6 is 0 Å². The average molecular weight is 438 g/mol. The van der Waals surface area contributed by atoms with E-state index in [9.17, 15) is 14.3 Å². The van der Waals surface area contributed by atoms with E-state index in [1.807, 2.05) is 11.8 Å². The first-order valence-electron chi connectivity index (χ1n) is 10.0. The number of amides is 1. The highest BCUT2D eigenvalue weighted by atomic mass is 19.1. The third-order valence-electron chi connectivity index (χ3n) is 5.28. The van der Waals surface area contributed by atoms with Crippen molar-refractivity contribution in [2.45, 2.75) is 19.0 Å². The molecule has 11 heteroatoms. The van der Waals surface area contributed by atoms with E-state index in [-0.39, 0.29) is 17.9 Å². The highest BCUT2D eigenvalue weighted by molar-refractivity contribution is 5.66. The van der Waals surface area contributed by atoms with E-state index in [2.05, 4.69) is 30.6 Å². The largest absolute Gasteiger partial charge is 0.465 e. The molecule has 1 aliphatic heterocycles. The molecule has 1 aromatic carbocycles. The summed E-state index contributed by atoms with van der Waals surface area (Å²) in [4.78, 5) is 31.8. The van der Waals surface area contributed by atoms with Crippen LogP contribution in [0.1, 0.15) is 18.5 Å². The Hall–Kier alpha value is -4.02. The summed E-state index contributed by atoms with van der Waals surface area (Å²) in [5, 5.41) is 15.5. The van der Waals surface area contributed by atoms with Crippen LogP contribution in [0.15, 0.2) is 48.9 Å². The maximum Gasteiger partial charge on any atom is 0.407 e. The van der Waals surface area contributed by atoms with Gasteiger partial charge in [0.1, 0.15) is 23.3 Å². The Morgan fingerprint density at radius 1 is 1.22 bits per heavy atom. The Labute approximate surface area is 184 Å². The fourth-order valence-corrected chi connectivity index (χ4v) is 3.29. The number of rotatable bonds is 7. The van der Waals surface area contributed by atoms with Crippen LogP contribution in [0, 0.1) is 5.82 Å². The molecular weight excluding hydrogens is 415 g/mol. The van der Waals surface area contributed by atoms with Gasteiger partial charge in [-0.25, -0.2) is 14.2 Å². The number of aromatic nitrogens is 4. The van der Waals surface area contributed by atoms with E-state index in [4.69, 9.17) is 0 Å². The predicted molar refractivity (Wildman–Crippen MR) is 118 cm³/mol. The van der Waals surface area contributed by atoms with Crippen LogP contribution in [0.4, 0.5) is 32.6 Å². The van der Waals surface area contributed by atoms with Gasteiger partial charge in [-0.05, 0) is 24.6 Å². The molecule has 4 rings (SSSR count). The highest BCUT2D eigenvalue weighted by Crippen LogP contribution is 2.27. The molecule has 166 valence electrons. The minimum Gasteiger partial charge on any atom is -0.465 e. The fourth-order valence-electron chi connectivity index (χ4n) is 3.29. The molecule has 0 spiro atoms. The number of nitrogens with zero attached hydrogens (tertiary/aromatic N) is 6. The molecule has 0 radical (unpaired) electrons. The Bertz CT molecular complexity index is 1080. The van der Waals surface area contributed by atoms with Crippen LogP contribution in [0.3, 0.4) is 0 Å². The number of benzene rings is 1.